The Hall–Kier alpha value is -0.0951. The monoisotopic (exact) mass is 231 g/mol. The summed E-state index contributed by atoms with van der Waals surface area (Å²) in [5.41, 5.74) is 3.93. The number of hydrogen-bond acceptors (Lipinski definition) is 4. The van der Waals surface area contributed by atoms with Crippen LogP contribution in [-0.2, 0) is 4.65 Å². The molecule has 0 saturated carbocycles. The molecule has 5 heteroatoms. The third kappa shape index (κ3) is 4.83. The molecule has 0 aliphatic heterocycles. The summed E-state index contributed by atoms with van der Waals surface area (Å²) in [5, 5.41) is 19.7. The summed E-state index contributed by atoms with van der Waals surface area (Å²) < 4.78 is 5.45. The van der Waals surface area contributed by atoms with Gasteiger partial charge in [-0.05, 0) is 40.0 Å². The SMILES string of the molecule is CC(C)C[C@H](N)B(O)OC(C)(C)C(C)(C)O. The molecule has 0 saturated heterocycles. The fourth-order valence-electron chi connectivity index (χ4n) is 1.19. The van der Waals surface area contributed by atoms with Crippen LogP contribution in [0.1, 0.15) is 48.0 Å². The molecule has 0 aromatic carbocycles. The maximum atomic E-state index is 9.88. The van der Waals surface area contributed by atoms with E-state index < -0.39 is 24.3 Å². The normalized spacial score (nSPS) is 15.4. The topological polar surface area (TPSA) is 75.7 Å². The van der Waals surface area contributed by atoms with Gasteiger partial charge in [-0.15, -0.1) is 0 Å². The van der Waals surface area contributed by atoms with Crippen molar-refractivity contribution < 1.29 is 14.8 Å². The summed E-state index contributed by atoms with van der Waals surface area (Å²) in [6.45, 7) is 10.8. The quantitative estimate of drug-likeness (QED) is 0.595. The van der Waals surface area contributed by atoms with E-state index in [0.717, 1.165) is 0 Å². The van der Waals surface area contributed by atoms with Gasteiger partial charge in [0.25, 0.3) is 0 Å². The average molecular weight is 231 g/mol. The van der Waals surface area contributed by atoms with Crippen molar-refractivity contribution in [1.29, 1.82) is 0 Å². The Bertz CT molecular complexity index is 214. The van der Waals surface area contributed by atoms with Gasteiger partial charge in [0.05, 0.1) is 11.2 Å². The first-order valence-electron chi connectivity index (χ1n) is 5.81. The molecule has 0 amide bonds. The lowest BCUT2D eigenvalue weighted by Gasteiger charge is -2.39. The molecule has 0 unspecified atom stereocenters. The Morgan fingerprint density at radius 1 is 1.25 bits per heavy atom. The zero-order chi connectivity index (χ0) is 13.1. The van der Waals surface area contributed by atoms with Gasteiger partial charge in [-0.3, -0.25) is 0 Å². The number of hydrogen-bond donors (Lipinski definition) is 3. The minimum Gasteiger partial charge on any atom is -0.426 e. The number of rotatable bonds is 6. The minimum atomic E-state index is -1.05. The van der Waals surface area contributed by atoms with Gasteiger partial charge in [0.2, 0.25) is 0 Å². The molecular weight excluding hydrogens is 205 g/mol. The predicted molar refractivity (Wildman–Crippen MR) is 66.9 cm³/mol. The number of aliphatic hydroxyl groups is 1. The molecule has 0 fully saturated rings. The third-order valence-electron chi connectivity index (χ3n) is 3.00. The van der Waals surface area contributed by atoms with E-state index in [1.807, 2.05) is 13.8 Å². The van der Waals surface area contributed by atoms with Crippen LogP contribution in [0.4, 0.5) is 0 Å². The predicted octanol–water partition coefficient (Wildman–Crippen LogP) is 0.946. The first-order chi connectivity index (χ1) is 6.97. The van der Waals surface area contributed by atoms with Crippen molar-refractivity contribution in [3.63, 3.8) is 0 Å². The highest BCUT2D eigenvalue weighted by molar-refractivity contribution is 6.45. The molecule has 1 atom stereocenters. The summed E-state index contributed by atoms with van der Waals surface area (Å²) in [6.07, 6.45) is 0.684. The van der Waals surface area contributed by atoms with Crippen LogP contribution in [-0.4, -0.2) is 34.4 Å². The Kier molecular flexibility index (Phi) is 5.46. The summed E-state index contributed by atoms with van der Waals surface area (Å²) >= 11 is 0. The van der Waals surface area contributed by atoms with Gasteiger partial charge >= 0.3 is 7.12 Å². The molecule has 4 nitrogen and oxygen atoms in total. The Morgan fingerprint density at radius 2 is 1.69 bits per heavy atom. The first kappa shape index (κ1) is 15.9. The van der Waals surface area contributed by atoms with Gasteiger partial charge < -0.3 is 20.5 Å². The van der Waals surface area contributed by atoms with Gasteiger partial charge in [-0.25, -0.2) is 0 Å². The van der Waals surface area contributed by atoms with Crippen molar-refractivity contribution in [2.24, 2.45) is 11.7 Å². The third-order valence-corrected chi connectivity index (χ3v) is 3.00. The standard InChI is InChI=1S/C11H26BNO3/c1-8(2)7-9(13)12(15)16-11(5,6)10(3,4)14/h8-9,14-15H,7,13H2,1-6H3/t9-/m0/s1. The van der Waals surface area contributed by atoms with Crippen LogP contribution in [0.3, 0.4) is 0 Å². The highest BCUT2D eigenvalue weighted by Crippen LogP contribution is 2.26. The molecule has 96 valence electrons. The minimum absolute atomic E-state index is 0.401. The van der Waals surface area contributed by atoms with Gasteiger partial charge in [-0.1, -0.05) is 13.8 Å². The fraction of sp³-hybridized carbons (Fsp3) is 1.00. The van der Waals surface area contributed by atoms with Crippen molar-refractivity contribution in [2.75, 3.05) is 0 Å². The molecule has 0 heterocycles. The van der Waals surface area contributed by atoms with Crippen molar-refractivity contribution in [3.8, 4) is 0 Å². The smallest absolute Gasteiger partial charge is 0.426 e. The lowest BCUT2D eigenvalue weighted by Crippen LogP contribution is -2.54. The van der Waals surface area contributed by atoms with Crippen LogP contribution in [0, 0.1) is 5.92 Å². The Balaban J connectivity index is 4.38. The summed E-state index contributed by atoms with van der Waals surface area (Å²) in [7, 11) is -1.05. The lowest BCUT2D eigenvalue weighted by molar-refractivity contribution is -0.101. The second-order valence-electron chi connectivity index (χ2n) is 5.87. The fourth-order valence-corrected chi connectivity index (χ4v) is 1.19. The van der Waals surface area contributed by atoms with E-state index in [0.29, 0.717) is 12.3 Å². The maximum absolute atomic E-state index is 9.88. The van der Waals surface area contributed by atoms with Crippen LogP contribution in [0.25, 0.3) is 0 Å². The van der Waals surface area contributed by atoms with E-state index in [1.54, 1.807) is 27.7 Å². The molecule has 0 bridgehead atoms. The summed E-state index contributed by atoms with van der Waals surface area (Å²) in [6, 6.07) is 0. The maximum Gasteiger partial charge on any atom is 0.472 e. The lowest BCUT2D eigenvalue weighted by atomic mass is 9.73. The van der Waals surface area contributed by atoms with Gasteiger partial charge in [0, 0.05) is 5.94 Å². The van der Waals surface area contributed by atoms with E-state index >= 15 is 0 Å². The summed E-state index contributed by atoms with van der Waals surface area (Å²) in [4.78, 5) is 0. The zero-order valence-electron chi connectivity index (χ0n) is 11.3. The molecule has 0 rings (SSSR count). The second-order valence-corrected chi connectivity index (χ2v) is 5.87. The van der Waals surface area contributed by atoms with E-state index in [2.05, 4.69) is 0 Å². The Morgan fingerprint density at radius 3 is 2.00 bits per heavy atom. The van der Waals surface area contributed by atoms with Crippen molar-refractivity contribution in [3.05, 3.63) is 0 Å². The van der Waals surface area contributed by atoms with Gasteiger partial charge in [0.1, 0.15) is 0 Å². The molecule has 4 N–H and O–H groups in total. The second kappa shape index (κ2) is 5.49. The van der Waals surface area contributed by atoms with Crippen LogP contribution < -0.4 is 5.73 Å². The van der Waals surface area contributed by atoms with Crippen LogP contribution in [0.2, 0.25) is 0 Å². The highest BCUT2D eigenvalue weighted by atomic mass is 16.5. The van der Waals surface area contributed by atoms with E-state index in [9.17, 15) is 10.1 Å². The van der Waals surface area contributed by atoms with Gasteiger partial charge in [-0.2, -0.15) is 0 Å². The Labute approximate surface area is 99.3 Å². The summed E-state index contributed by atoms with van der Waals surface area (Å²) in [5.74, 6) is -0.0277. The molecule has 0 spiro atoms. The van der Waals surface area contributed by atoms with Crippen molar-refractivity contribution in [2.45, 2.75) is 65.1 Å². The van der Waals surface area contributed by atoms with Crippen LogP contribution in [0.5, 0.6) is 0 Å². The van der Waals surface area contributed by atoms with E-state index in [4.69, 9.17) is 10.4 Å². The zero-order valence-corrected chi connectivity index (χ0v) is 11.3. The number of nitrogens with two attached hydrogens (primary N) is 1. The van der Waals surface area contributed by atoms with Crippen LogP contribution >= 0.6 is 0 Å². The van der Waals surface area contributed by atoms with Crippen molar-refractivity contribution >= 4 is 7.12 Å². The van der Waals surface area contributed by atoms with E-state index in [1.165, 1.54) is 0 Å². The van der Waals surface area contributed by atoms with Crippen molar-refractivity contribution in [1.82, 2.24) is 0 Å². The highest BCUT2D eigenvalue weighted by Gasteiger charge is 2.40. The molecule has 16 heavy (non-hydrogen) atoms. The largest absolute Gasteiger partial charge is 0.472 e. The molecule has 0 aromatic heterocycles. The molecule has 0 aliphatic rings. The van der Waals surface area contributed by atoms with Gasteiger partial charge in [0.15, 0.2) is 0 Å². The first-order valence-corrected chi connectivity index (χ1v) is 5.81. The molecule has 0 radical (unpaired) electrons. The van der Waals surface area contributed by atoms with Crippen LogP contribution in [0.15, 0.2) is 0 Å². The molecule has 0 aliphatic carbocycles. The van der Waals surface area contributed by atoms with E-state index in [-0.39, 0.29) is 0 Å². The molecule has 0 aromatic rings. The molecular formula is C11H26BNO3. The average Bonchev–Trinajstić information content (AvgIpc) is 1.99.